The Bertz CT molecular complexity index is 413. The normalized spacial score (nSPS) is 11.4. The molecule has 0 radical (unpaired) electrons. The van der Waals surface area contributed by atoms with Gasteiger partial charge in [0.25, 0.3) is 0 Å². The van der Waals surface area contributed by atoms with Crippen molar-refractivity contribution < 1.29 is 27.0 Å². The van der Waals surface area contributed by atoms with Crippen molar-refractivity contribution in [1.29, 1.82) is 0 Å². The zero-order valence-electron chi connectivity index (χ0n) is 11.2. The molecule has 0 amide bonds. The number of rotatable bonds is 8. The molecule has 20 heavy (non-hydrogen) atoms. The molecule has 114 valence electrons. The summed E-state index contributed by atoms with van der Waals surface area (Å²) in [6, 6.07) is 3.74. The first kappa shape index (κ1) is 16.6. The van der Waals surface area contributed by atoms with Crippen molar-refractivity contribution in [1.82, 2.24) is 5.32 Å². The fourth-order valence-corrected chi connectivity index (χ4v) is 1.56. The monoisotopic (exact) mass is 295 g/mol. The number of ether oxygens (including phenoxy) is 2. The summed E-state index contributed by atoms with van der Waals surface area (Å²) < 4.78 is 57.3. The fourth-order valence-electron chi connectivity index (χ4n) is 1.56. The zero-order chi connectivity index (χ0) is 15.1. The first-order valence-electron chi connectivity index (χ1n) is 6.11. The number of hydrogen-bond donors (Lipinski definition) is 1. The van der Waals surface area contributed by atoms with Crippen molar-refractivity contribution in [3.05, 3.63) is 23.8 Å². The molecule has 3 nitrogen and oxygen atoms in total. The maximum absolute atomic E-state index is 12.3. The van der Waals surface area contributed by atoms with E-state index >= 15 is 0 Å². The average molecular weight is 295 g/mol. The molecule has 1 N–H and O–H groups in total. The van der Waals surface area contributed by atoms with Gasteiger partial charge in [0.2, 0.25) is 0 Å². The second-order valence-corrected chi connectivity index (χ2v) is 4.55. The van der Waals surface area contributed by atoms with Crippen molar-refractivity contribution in [2.24, 2.45) is 5.92 Å². The highest BCUT2D eigenvalue weighted by molar-refractivity contribution is 5.40. The van der Waals surface area contributed by atoms with E-state index in [9.17, 15) is 17.6 Å². The van der Waals surface area contributed by atoms with E-state index in [0.29, 0.717) is 24.6 Å². The van der Waals surface area contributed by atoms with Gasteiger partial charge in [-0.05, 0) is 18.5 Å². The van der Waals surface area contributed by atoms with Crippen molar-refractivity contribution in [2.45, 2.75) is 33.6 Å². The van der Waals surface area contributed by atoms with Crippen LogP contribution in [0.1, 0.15) is 19.4 Å². The molecule has 0 spiro atoms. The van der Waals surface area contributed by atoms with E-state index < -0.39 is 13.2 Å². The van der Waals surface area contributed by atoms with Gasteiger partial charge in [0.05, 0.1) is 0 Å². The van der Waals surface area contributed by atoms with Crippen molar-refractivity contribution in [3.63, 3.8) is 0 Å². The van der Waals surface area contributed by atoms with Crippen LogP contribution in [-0.4, -0.2) is 19.8 Å². The van der Waals surface area contributed by atoms with E-state index in [1.165, 1.54) is 12.1 Å². The second kappa shape index (κ2) is 7.94. The molecule has 0 aliphatic carbocycles. The Kier molecular flexibility index (Phi) is 6.57. The number of alkyl halides is 4. The minimum atomic E-state index is -3.03. The van der Waals surface area contributed by atoms with Gasteiger partial charge in [0.15, 0.2) is 0 Å². The largest absolute Gasteiger partial charge is 0.435 e. The zero-order valence-corrected chi connectivity index (χ0v) is 11.2. The molecule has 0 heterocycles. The first-order valence-corrected chi connectivity index (χ1v) is 6.11. The first-order chi connectivity index (χ1) is 9.38. The van der Waals surface area contributed by atoms with Gasteiger partial charge in [0, 0.05) is 18.2 Å². The summed E-state index contributed by atoms with van der Waals surface area (Å²) in [6.45, 7) is -1.04. The third-order valence-electron chi connectivity index (χ3n) is 2.35. The molecule has 0 bridgehead atoms. The Morgan fingerprint density at radius 1 is 1.05 bits per heavy atom. The van der Waals surface area contributed by atoms with Crippen molar-refractivity contribution in [3.8, 4) is 11.5 Å². The predicted molar refractivity (Wildman–Crippen MR) is 66.3 cm³/mol. The van der Waals surface area contributed by atoms with Gasteiger partial charge in [-0.1, -0.05) is 19.9 Å². The Labute approximate surface area is 114 Å². The Hall–Kier alpha value is -1.50. The molecule has 0 aromatic heterocycles. The molecule has 1 rings (SSSR count). The summed E-state index contributed by atoms with van der Waals surface area (Å²) in [7, 11) is 0. The van der Waals surface area contributed by atoms with E-state index in [2.05, 4.69) is 14.8 Å². The molecule has 0 fully saturated rings. The van der Waals surface area contributed by atoms with E-state index in [-0.39, 0.29) is 11.5 Å². The van der Waals surface area contributed by atoms with Gasteiger partial charge in [-0.2, -0.15) is 17.6 Å². The van der Waals surface area contributed by atoms with Crippen LogP contribution in [0.25, 0.3) is 0 Å². The highest BCUT2D eigenvalue weighted by atomic mass is 19.3. The molecule has 0 saturated heterocycles. The summed E-state index contributed by atoms with van der Waals surface area (Å²) in [5.74, 6) is 0.00794. The molecule has 1 aromatic carbocycles. The molecule has 0 saturated carbocycles. The number of halogens is 4. The number of nitrogens with one attached hydrogen (secondary N) is 1. The lowest BCUT2D eigenvalue weighted by Gasteiger charge is -2.14. The van der Waals surface area contributed by atoms with Crippen LogP contribution in [0.5, 0.6) is 11.5 Å². The summed E-state index contributed by atoms with van der Waals surface area (Å²) in [4.78, 5) is 0. The van der Waals surface area contributed by atoms with Gasteiger partial charge in [-0.3, -0.25) is 0 Å². The highest BCUT2D eigenvalue weighted by Crippen LogP contribution is 2.27. The SMILES string of the molecule is CC(C)CNCc1ccc(OC(F)F)cc1OC(F)F. The van der Waals surface area contributed by atoms with Crippen LogP contribution in [0.3, 0.4) is 0 Å². The molecule has 0 unspecified atom stereocenters. The predicted octanol–water partition coefficient (Wildman–Crippen LogP) is 3.64. The third kappa shape index (κ3) is 6.10. The van der Waals surface area contributed by atoms with Gasteiger partial charge < -0.3 is 14.8 Å². The van der Waals surface area contributed by atoms with Gasteiger partial charge in [-0.15, -0.1) is 0 Å². The lowest BCUT2D eigenvalue weighted by molar-refractivity contribution is -0.0546. The second-order valence-electron chi connectivity index (χ2n) is 4.55. The Morgan fingerprint density at radius 2 is 1.70 bits per heavy atom. The summed E-state index contributed by atoms with van der Waals surface area (Å²) in [5.41, 5.74) is 0.451. The molecule has 0 aliphatic heterocycles. The molecule has 0 atom stereocenters. The van der Waals surface area contributed by atoms with E-state index in [0.717, 1.165) is 6.07 Å². The van der Waals surface area contributed by atoms with Crippen LogP contribution in [0.4, 0.5) is 17.6 Å². The molecule has 0 aliphatic rings. The molecular weight excluding hydrogens is 278 g/mol. The molecular formula is C13H17F4NO2. The minimum Gasteiger partial charge on any atom is -0.435 e. The van der Waals surface area contributed by atoms with Crippen LogP contribution in [-0.2, 0) is 6.54 Å². The van der Waals surface area contributed by atoms with Crippen LogP contribution >= 0.6 is 0 Å². The number of benzene rings is 1. The van der Waals surface area contributed by atoms with E-state index in [4.69, 9.17) is 0 Å². The van der Waals surface area contributed by atoms with Crippen molar-refractivity contribution >= 4 is 0 Å². The van der Waals surface area contributed by atoms with Gasteiger partial charge in [-0.25, -0.2) is 0 Å². The van der Waals surface area contributed by atoms with Crippen molar-refractivity contribution in [2.75, 3.05) is 6.54 Å². The third-order valence-corrected chi connectivity index (χ3v) is 2.35. The lowest BCUT2D eigenvalue weighted by Crippen LogP contribution is -2.19. The van der Waals surface area contributed by atoms with Gasteiger partial charge >= 0.3 is 13.2 Å². The summed E-state index contributed by atoms with van der Waals surface area (Å²) in [6.07, 6.45) is 0. The highest BCUT2D eigenvalue weighted by Gasteiger charge is 2.13. The fraction of sp³-hybridized carbons (Fsp3) is 0.538. The maximum Gasteiger partial charge on any atom is 0.387 e. The summed E-state index contributed by atoms with van der Waals surface area (Å²) >= 11 is 0. The Morgan fingerprint density at radius 3 is 2.25 bits per heavy atom. The minimum absolute atomic E-state index is 0.172. The standard InChI is InChI=1S/C13H17F4NO2/c1-8(2)6-18-7-9-3-4-10(19-12(14)15)5-11(9)20-13(16)17/h3-5,8,12-13,18H,6-7H2,1-2H3. The summed E-state index contributed by atoms with van der Waals surface area (Å²) in [5, 5.41) is 3.06. The van der Waals surface area contributed by atoms with Crippen LogP contribution < -0.4 is 14.8 Å². The Balaban J connectivity index is 2.80. The maximum atomic E-state index is 12.3. The molecule has 7 heteroatoms. The van der Waals surface area contributed by atoms with E-state index in [1.54, 1.807) is 0 Å². The smallest absolute Gasteiger partial charge is 0.387 e. The number of hydrogen-bond acceptors (Lipinski definition) is 3. The quantitative estimate of drug-likeness (QED) is 0.743. The van der Waals surface area contributed by atoms with Crippen LogP contribution in [0.2, 0.25) is 0 Å². The van der Waals surface area contributed by atoms with Crippen LogP contribution in [0, 0.1) is 5.92 Å². The van der Waals surface area contributed by atoms with E-state index in [1.807, 2.05) is 13.8 Å². The lowest BCUT2D eigenvalue weighted by atomic mass is 10.1. The van der Waals surface area contributed by atoms with Crippen LogP contribution in [0.15, 0.2) is 18.2 Å². The molecule has 1 aromatic rings. The topological polar surface area (TPSA) is 30.5 Å². The van der Waals surface area contributed by atoms with Gasteiger partial charge in [0.1, 0.15) is 11.5 Å². The average Bonchev–Trinajstić information content (AvgIpc) is 2.29.